The van der Waals surface area contributed by atoms with Crippen LogP contribution in [0.1, 0.15) is 418 Å². The Morgan fingerprint density at radius 1 is 0.302 bits per heavy atom. The maximum Gasteiger partial charge on any atom is 0.220 e. The van der Waals surface area contributed by atoms with Crippen molar-refractivity contribution in [2.75, 3.05) is 26.4 Å². The van der Waals surface area contributed by atoms with Gasteiger partial charge in [-0.3, -0.25) is 4.79 Å². The number of nitrogens with one attached hydrogen (secondary N) is 1. The molecule has 630 valence electrons. The number of rotatable bonds is 75. The maximum absolute atomic E-state index is 13.5. The van der Waals surface area contributed by atoms with E-state index in [2.05, 4.69) is 19.2 Å². The van der Waals surface area contributed by atoms with E-state index in [-0.39, 0.29) is 18.9 Å². The Hall–Kier alpha value is -1.21. The van der Waals surface area contributed by atoms with Crippen LogP contribution in [0, 0.1) is 0 Å². The summed E-state index contributed by atoms with van der Waals surface area (Å²) in [5, 5.41) is 121. The van der Waals surface area contributed by atoms with Gasteiger partial charge in [0, 0.05) is 6.42 Å². The lowest BCUT2D eigenvalue weighted by molar-refractivity contribution is -0.379. The third-order valence-electron chi connectivity index (χ3n) is 23.2. The molecule has 0 aromatic carbocycles. The Morgan fingerprint density at radius 3 is 0.821 bits per heavy atom. The second-order valence-corrected chi connectivity index (χ2v) is 32.8. The van der Waals surface area contributed by atoms with E-state index in [1.54, 1.807) is 0 Å². The molecular formula is C87H169NO18. The van der Waals surface area contributed by atoms with Crippen molar-refractivity contribution in [3.63, 3.8) is 0 Å². The maximum atomic E-state index is 13.5. The first-order valence-electron chi connectivity index (χ1n) is 45.3. The lowest BCUT2D eigenvalue weighted by Crippen LogP contribution is -2.66. The van der Waals surface area contributed by atoms with Crippen molar-refractivity contribution in [1.82, 2.24) is 5.32 Å². The largest absolute Gasteiger partial charge is 0.394 e. The minimum atomic E-state index is -1.97. The number of hydrogen-bond acceptors (Lipinski definition) is 18. The van der Waals surface area contributed by atoms with Crippen molar-refractivity contribution in [1.29, 1.82) is 0 Å². The molecule has 19 nitrogen and oxygen atoms in total. The van der Waals surface area contributed by atoms with Crippen molar-refractivity contribution in [2.45, 2.75) is 523 Å². The first kappa shape index (κ1) is 99.0. The number of carbonyl (C=O) groups excluding carboxylic acids is 1. The van der Waals surface area contributed by atoms with E-state index in [4.69, 9.17) is 28.4 Å². The van der Waals surface area contributed by atoms with Gasteiger partial charge in [0.1, 0.15) is 73.2 Å². The molecule has 0 aliphatic carbocycles. The van der Waals surface area contributed by atoms with E-state index in [0.717, 1.165) is 44.9 Å². The van der Waals surface area contributed by atoms with Crippen LogP contribution in [0.25, 0.3) is 0 Å². The van der Waals surface area contributed by atoms with Crippen LogP contribution in [0.15, 0.2) is 0 Å². The number of aliphatic hydroxyl groups excluding tert-OH is 11. The summed E-state index contributed by atoms with van der Waals surface area (Å²) in [4.78, 5) is 13.5. The SMILES string of the molecule is CCCCCCCCCCCCCCCCCCCCCCCCCCCCCCCCCCC(=O)NC(COC1OC(CO)C(OC2OC(CO)C(OC3OC(CO)C(O)C(O)C3O)C(O)C2O)C(O)C1O)C(O)CCCCCCCCCCCCCCCCCCCCCCCCCCCCCCC. The molecule has 0 aromatic rings. The monoisotopic (exact) mass is 1520 g/mol. The van der Waals surface area contributed by atoms with Gasteiger partial charge in [0.25, 0.3) is 0 Å². The first-order valence-corrected chi connectivity index (χ1v) is 45.3. The van der Waals surface area contributed by atoms with Gasteiger partial charge in [0.15, 0.2) is 18.9 Å². The summed E-state index contributed by atoms with van der Waals surface area (Å²) in [6.45, 7) is 1.89. The number of carbonyl (C=O) groups is 1. The molecule has 12 N–H and O–H groups in total. The summed E-state index contributed by atoms with van der Waals surface area (Å²) in [6, 6.07) is -0.884. The van der Waals surface area contributed by atoms with Gasteiger partial charge in [0.05, 0.1) is 38.6 Å². The van der Waals surface area contributed by atoms with Crippen LogP contribution in [0.4, 0.5) is 0 Å². The molecule has 106 heavy (non-hydrogen) atoms. The summed E-state index contributed by atoms with van der Waals surface area (Å²) in [5.74, 6) is -0.231. The number of ether oxygens (including phenoxy) is 6. The lowest BCUT2D eigenvalue weighted by Gasteiger charge is -2.48. The lowest BCUT2D eigenvalue weighted by atomic mass is 9.96. The molecule has 0 aromatic heterocycles. The minimum absolute atomic E-state index is 0.231. The van der Waals surface area contributed by atoms with Gasteiger partial charge in [-0.2, -0.15) is 0 Å². The molecule has 3 aliphatic heterocycles. The van der Waals surface area contributed by atoms with Crippen LogP contribution in [-0.4, -0.2) is 193 Å². The zero-order chi connectivity index (χ0) is 76.7. The molecule has 17 unspecified atom stereocenters. The summed E-state index contributed by atoms with van der Waals surface area (Å²) >= 11 is 0. The zero-order valence-corrected chi connectivity index (χ0v) is 68.0. The molecule has 17 atom stereocenters. The Kier molecular flexibility index (Phi) is 63.7. The van der Waals surface area contributed by atoms with Crippen molar-refractivity contribution < 1.29 is 89.4 Å². The molecule has 3 aliphatic rings. The molecule has 0 spiro atoms. The van der Waals surface area contributed by atoms with Crippen LogP contribution in [0.2, 0.25) is 0 Å². The summed E-state index contributed by atoms with van der Waals surface area (Å²) in [7, 11) is 0. The molecule has 0 bridgehead atoms. The van der Waals surface area contributed by atoms with Crippen molar-refractivity contribution in [3.8, 4) is 0 Å². The second-order valence-electron chi connectivity index (χ2n) is 32.8. The Bertz CT molecular complexity index is 1910. The van der Waals surface area contributed by atoms with Gasteiger partial charge in [-0.25, -0.2) is 0 Å². The van der Waals surface area contributed by atoms with Crippen LogP contribution >= 0.6 is 0 Å². The quantitative estimate of drug-likeness (QED) is 0.0252. The van der Waals surface area contributed by atoms with E-state index in [0.29, 0.717) is 12.8 Å². The van der Waals surface area contributed by atoms with E-state index < -0.39 is 124 Å². The van der Waals surface area contributed by atoms with E-state index in [1.807, 2.05) is 0 Å². The van der Waals surface area contributed by atoms with E-state index in [1.165, 1.54) is 340 Å². The normalized spacial score (nSPS) is 25.5. The summed E-state index contributed by atoms with van der Waals surface area (Å²) in [6.07, 6.45) is 55.0. The molecule has 3 fully saturated rings. The Balaban J connectivity index is 1.32. The molecule has 3 heterocycles. The second kappa shape index (κ2) is 68.2. The van der Waals surface area contributed by atoms with Gasteiger partial charge in [-0.05, 0) is 12.8 Å². The molecule has 0 saturated carbocycles. The number of unbranched alkanes of at least 4 members (excludes halogenated alkanes) is 59. The zero-order valence-electron chi connectivity index (χ0n) is 68.0. The van der Waals surface area contributed by atoms with Gasteiger partial charge in [-0.15, -0.1) is 0 Å². The molecular weight excluding hydrogens is 1350 g/mol. The predicted molar refractivity (Wildman–Crippen MR) is 425 cm³/mol. The number of amides is 1. The predicted octanol–water partition coefficient (Wildman–Crippen LogP) is 16.9. The summed E-state index contributed by atoms with van der Waals surface area (Å²) < 4.78 is 34.6. The number of hydrogen-bond donors (Lipinski definition) is 12. The van der Waals surface area contributed by atoms with Gasteiger partial charge in [-0.1, -0.05) is 399 Å². The Labute approximate surface area is 646 Å². The third-order valence-corrected chi connectivity index (χ3v) is 23.2. The highest BCUT2D eigenvalue weighted by molar-refractivity contribution is 5.76. The number of aliphatic hydroxyl groups is 11. The topological polar surface area (TPSA) is 307 Å². The minimum Gasteiger partial charge on any atom is -0.394 e. The average Bonchev–Trinajstić information content (AvgIpc) is 0.781. The highest BCUT2D eigenvalue weighted by atomic mass is 16.8. The molecule has 0 radical (unpaired) electrons. The van der Waals surface area contributed by atoms with Crippen LogP contribution < -0.4 is 5.32 Å². The van der Waals surface area contributed by atoms with Crippen molar-refractivity contribution in [2.24, 2.45) is 0 Å². The van der Waals surface area contributed by atoms with Crippen molar-refractivity contribution in [3.05, 3.63) is 0 Å². The van der Waals surface area contributed by atoms with E-state index >= 15 is 0 Å². The molecule has 3 rings (SSSR count). The summed E-state index contributed by atoms with van der Waals surface area (Å²) in [5.41, 5.74) is 0. The molecule has 1 amide bonds. The van der Waals surface area contributed by atoms with Crippen LogP contribution in [0.5, 0.6) is 0 Å². The van der Waals surface area contributed by atoms with Gasteiger partial charge in [0.2, 0.25) is 5.91 Å². The molecule has 19 heteroatoms. The fourth-order valence-corrected chi connectivity index (χ4v) is 16.0. The molecule has 3 saturated heterocycles. The van der Waals surface area contributed by atoms with Crippen LogP contribution in [0.3, 0.4) is 0 Å². The highest BCUT2D eigenvalue weighted by Gasteiger charge is 2.54. The third kappa shape index (κ3) is 46.8. The average molecular weight is 1520 g/mol. The van der Waals surface area contributed by atoms with Crippen LogP contribution in [-0.2, 0) is 33.2 Å². The highest BCUT2D eigenvalue weighted by Crippen LogP contribution is 2.34. The standard InChI is InChI=1S/C87H169NO18/c1-3-5-7-9-11-13-15-17-19-21-23-25-27-29-31-33-34-35-37-39-41-43-45-47-49-51-53-55-57-59-61-63-65-75(93)88-70(71(92)64-62-60-58-56-54-52-50-48-46-44-42-40-38-36-32-30-28-26-24-22-20-18-16-14-12-10-8-6-4-2)69-101-85-81(99)78(96)83(73(67-90)103-85)106-87-82(100)79(97)84(74(68-91)104-87)105-86-80(98)77(95)76(94)72(66-89)102-86/h70-74,76-87,89-92,94-100H,3-69H2,1-2H3,(H,88,93). The van der Waals surface area contributed by atoms with Crippen molar-refractivity contribution >= 4 is 5.91 Å². The van der Waals surface area contributed by atoms with E-state index in [9.17, 15) is 61.0 Å². The smallest absolute Gasteiger partial charge is 0.220 e. The van der Waals surface area contributed by atoms with Gasteiger partial charge < -0.3 is 89.9 Å². The fraction of sp³-hybridized carbons (Fsp3) is 0.989. The van der Waals surface area contributed by atoms with Gasteiger partial charge >= 0.3 is 0 Å². The fourth-order valence-electron chi connectivity index (χ4n) is 16.0. The Morgan fingerprint density at radius 2 is 0.538 bits per heavy atom. The first-order chi connectivity index (χ1) is 51.8.